The van der Waals surface area contributed by atoms with Gasteiger partial charge in [-0.05, 0) is 39.0 Å². The largest absolute Gasteiger partial charge is 0.529 e. The summed E-state index contributed by atoms with van der Waals surface area (Å²) in [6, 6.07) is 0. The second-order valence-electron chi connectivity index (χ2n) is 6.68. The van der Waals surface area contributed by atoms with E-state index in [4.69, 9.17) is 0 Å². The number of phosphoric ester groups is 1. The van der Waals surface area contributed by atoms with E-state index in [0.29, 0.717) is 6.42 Å². The Hall–Kier alpha value is -0.640. The van der Waals surface area contributed by atoms with Gasteiger partial charge < -0.3 is 4.52 Å². The average molecular weight is 391 g/mol. The molecule has 1 N–H and O–H groups in total. The highest BCUT2D eigenvalue weighted by molar-refractivity contribution is 7.48. The van der Waals surface area contributed by atoms with Crippen LogP contribution in [0, 0.1) is 0 Å². The van der Waals surface area contributed by atoms with Crippen LogP contribution in [0.25, 0.3) is 0 Å². The molecule has 0 amide bonds. The molecule has 0 aliphatic carbocycles. The third kappa shape index (κ3) is 18.2. The maximum absolute atomic E-state index is 11.4. The SMILES string of the molecule is CCCCCCCC/C=C\CCCCCCCC(=O)OP(=O)(O)OCC. The molecular weight excluding hydrogens is 351 g/mol. The number of hydrogen-bond acceptors (Lipinski definition) is 4. The summed E-state index contributed by atoms with van der Waals surface area (Å²) in [5.74, 6) is -0.665. The molecule has 5 nitrogen and oxygen atoms in total. The third-order valence-electron chi connectivity index (χ3n) is 4.15. The minimum absolute atomic E-state index is 0.0362. The van der Waals surface area contributed by atoms with Crippen LogP contribution in [0.4, 0.5) is 0 Å². The zero-order valence-electron chi connectivity index (χ0n) is 16.8. The van der Waals surface area contributed by atoms with Gasteiger partial charge in [0, 0.05) is 6.42 Å². The van der Waals surface area contributed by atoms with E-state index in [1.807, 2.05) is 0 Å². The maximum atomic E-state index is 11.4. The number of carbonyl (C=O) groups is 1. The first-order chi connectivity index (χ1) is 12.5. The van der Waals surface area contributed by atoms with Crippen LogP contribution in [-0.4, -0.2) is 17.5 Å². The van der Waals surface area contributed by atoms with Crippen molar-refractivity contribution in [3.8, 4) is 0 Å². The van der Waals surface area contributed by atoms with E-state index in [1.54, 1.807) is 6.92 Å². The molecule has 0 spiro atoms. The summed E-state index contributed by atoms with van der Waals surface area (Å²) in [6.45, 7) is 3.85. The Morgan fingerprint density at radius 1 is 0.846 bits per heavy atom. The lowest BCUT2D eigenvalue weighted by Crippen LogP contribution is -2.04. The molecule has 154 valence electrons. The minimum Gasteiger partial charge on any atom is -0.371 e. The standard InChI is InChI=1S/C20H39O5P/c1-3-5-6-7-8-9-10-11-12-13-14-15-16-17-18-19-20(21)25-26(22,23)24-4-2/h11-12H,3-10,13-19H2,1-2H3,(H,22,23)/b12-11-. The van der Waals surface area contributed by atoms with Gasteiger partial charge in [0.2, 0.25) is 0 Å². The zero-order chi connectivity index (χ0) is 19.5. The first-order valence-corrected chi connectivity index (χ1v) is 11.9. The molecule has 0 heterocycles. The Labute approximate surface area is 160 Å². The van der Waals surface area contributed by atoms with Crippen LogP contribution < -0.4 is 0 Å². The van der Waals surface area contributed by atoms with Gasteiger partial charge in [-0.2, -0.15) is 0 Å². The molecule has 0 aromatic carbocycles. The highest BCUT2D eigenvalue weighted by Gasteiger charge is 2.24. The number of phosphoric acid groups is 1. The van der Waals surface area contributed by atoms with Gasteiger partial charge in [0.1, 0.15) is 0 Å². The molecule has 0 rings (SSSR count). The lowest BCUT2D eigenvalue weighted by molar-refractivity contribution is -0.136. The zero-order valence-corrected chi connectivity index (χ0v) is 17.7. The third-order valence-corrected chi connectivity index (χ3v) is 5.17. The summed E-state index contributed by atoms with van der Waals surface area (Å²) in [6.07, 6.45) is 20.2. The van der Waals surface area contributed by atoms with Crippen molar-refractivity contribution >= 4 is 13.8 Å². The van der Waals surface area contributed by atoms with E-state index in [9.17, 15) is 14.3 Å². The number of unbranched alkanes of at least 4 members (excludes halogenated alkanes) is 11. The Kier molecular flexibility index (Phi) is 17.3. The van der Waals surface area contributed by atoms with E-state index >= 15 is 0 Å². The summed E-state index contributed by atoms with van der Waals surface area (Å²) in [5, 5.41) is 0. The second-order valence-corrected chi connectivity index (χ2v) is 8.06. The molecule has 1 atom stereocenters. The number of allylic oxidation sites excluding steroid dienone is 2. The summed E-state index contributed by atoms with van der Waals surface area (Å²) < 4.78 is 20.2. The summed E-state index contributed by atoms with van der Waals surface area (Å²) >= 11 is 0. The molecular formula is C20H39O5P. The van der Waals surface area contributed by atoms with Gasteiger partial charge in [-0.25, -0.2) is 4.57 Å². The molecule has 1 unspecified atom stereocenters. The van der Waals surface area contributed by atoms with Crippen molar-refractivity contribution in [2.75, 3.05) is 6.61 Å². The Morgan fingerprint density at radius 2 is 1.35 bits per heavy atom. The van der Waals surface area contributed by atoms with Crippen molar-refractivity contribution in [3.05, 3.63) is 12.2 Å². The molecule has 0 aromatic rings. The van der Waals surface area contributed by atoms with Crippen LogP contribution >= 0.6 is 7.82 Å². The monoisotopic (exact) mass is 390 g/mol. The van der Waals surface area contributed by atoms with Gasteiger partial charge in [0.15, 0.2) is 0 Å². The molecule has 0 aromatic heterocycles. The molecule has 26 heavy (non-hydrogen) atoms. The van der Waals surface area contributed by atoms with Crippen LogP contribution in [-0.2, 0) is 18.4 Å². The van der Waals surface area contributed by atoms with E-state index in [-0.39, 0.29) is 13.0 Å². The summed E-state index contributed by atoms with van der Waals surface area (Å²) in [5.41, 5.74) is 0. The fraction of sp³-hybridized carbons (Fsp3) is 0.850. The number of hydrogen-bond donors (Lipinski definition) is 1. The molecule has 0 saturated heterocycles. The predicted molar refractivity (Wildman–Crippen MR) is 107 cm³/mol. The van der Waals surface area contributed by atoms with Crippen LogP contribution in [0.1, 0.15) is 104 Å². The van der Waals surface area contributed by atoms with Gasteiger partial charge in [0.25, 0.3) is 0 Å². The van der Waals surface area contributed by atoms with Crippen molar-refractivity contribution in [1.82, 2.24) is 0 Å². The van der Waals surface area contributed by atoms with Gasteiger partial charge in [0.05, 0.1) is 6.61 Å². The number of carbonyl (C=O) groups excluding carboxylic acids is 1. The van der Waals surface area contributed by atoms with Crippen LogP contribution in [0.3, 0.4) is 0 Å². The molecule has 6 heteroatoms. The fourth-order valence-corrected chi connectivity index (χ4v) is 3.43. The van der Waals surface area contributed by atoms with E-state index in [2.05, 4.69) is 28.1 Å². The highest BCUT2D eigenvalue weighted by atomic mass is 31.2. The lowest BCUT2D eigenvalue weighted by atomic mass is 10.1. The van der Waals surface area contributed by atoms with Gasteiger partial charge in [-0.1, -0.05) is 70.4 Å². The number of rotatable bonds is 18. The van der Waals surface area contributed by atoms with Crippen molar-refractivity contribution < 1.29 is 23.3 Å². The van der Waals surface area contributed by atoms with Crippen LogP contribution in [0.15, 0.2) is 12.2 Å². The van der Waals surface area contributed by atoms with Gasteiger partial charge in [-0.15, -0.1) is 0 Å². The van der Waals surface area contributed by atoms with Crippen molar-refractivity contribution in [3.63, 3.8) is 0 Å². The van der Waals surface area contributed by atoms with E-state index < -0.39 is 13.8 Å². The fourth-order valence-electron chi connectivity index (χ4n) is 2.70. The highest BCUT2D eigenvalue weighted by Crippen LogP contribution is 2.43. The topological polar surface area (TPSA) is 72.8 Å². The lowest BCUT2D eigenvalue weighted by Gasteiger charge is -2.10. The molecule has 0 aliphatic heterocycles. The normalized spacial score (nSPS) is 13.8. The Morgan fingerprint density at radius 3 is 1.88 bits per heavy atom. The molecule has 0 bridgehead atoms. The van der Waals surface area contributed by atoms with E-state index in [1.165, 1.54) is 51.4 Å². The maximum Gasteiger partial charge on any atom is 0.529 e. The smallest absolute Gasteiger partial charge is 0.371 e. The predicted octanol–water partition coefficient (Wildman–Crippen LogP) is 6.70. The summed E-state index contributed by atoms with van der Waals surface area (Å²) in [7, 11) is -4.20. The quantitative estimate of drug-likeness (QED) is 0.160. The van der Waals surface area contributed by atoms with E-state index in [0.717, 1.165) is 25.7 Å². The molecule has 0 fully saturated rings. The molecule has 0 saturated carbocycles. The molecule has 0 radical (unpaired) electrons. The Bertz CT molecular complexity index is 409. The van der Waals surface area contributed by atoms with Gasteiger partial charge in [-0.3, -0.25) is 14.2 Å². The average Bonchev–Trinajstić information content (AvgIpc) is 2.57. The first kappa shape index (κ1) is 25.4. The first-order valence-electron chi connectivity index (χ1n) is 10.4. The van der Waals surface area contributed by atoms with Crippen molar-refractivity contribution in [1.29, 1.82) is 0 Å². The van der Waals surface area contributed by atoms with Crippen LogP contribution in [0.5, 0.6) is 0 Å². The molecule has 0 aliphatic rings. The second kappa shape index (κ2) is 17.8. The summed E-state index contributed by atoms with van der Waals surface area (Å²) in [4.78, 5) is 20.6. The van der Waals surface area contributed by atoms with Crippen LogP contribution in [0.2, 0.25) is 0 Å². The Balaban J connectivity index is 3.37. The van der Waals surface area contributed by atoms with Crippen molar-refractivity contribution in [2.45, 2.75) is 104 Å². The minimum atomic E-state index is -4.20. The van der Waals surface area contributed by atoms with Gasteiger partial charge >= 0.3 is 13.8 Å². The van der Waals surface area contributed by atoms with Crippen molar-refractivity contribution in [2.24, 2.45) is 0 Å².